The molecule has 0 saturated heterocycles. The van der Waals surface area contributed by atoms with Crippen molar-refractivity contribution in [3.63, 3.8) is 0 Å². The third-order valence-electron chi connectivity index (χ3n) is 3.47. The summed E-state index contributed by atoms with van der Waals surface area (Å²) in [5.74, 6) is 1.80. The van der Waals surface area contributed by atoms with E-state index < -0.39 is 0 Å². The number of benzene rings is 1. The lowest BCUT2D eigenvalue weighted by molar-refractivity contribution is 0.394. The number of alkyl halides is 1. The van der Waals surface area contributed by atoms with E-state index in [0.29, 0.717) is 5.92 Å². The normalized spacial score (nSPS) is 19.2. The molecular formula is C14H19BrO. The standard InChI is InChI=1S/C14H19BrO/c1-16-13-9-3-7-11-5-2-6-12(14(11)13)8-4-10-15/h3,7,9,12H,2,4-6,8,10H2,1H3/t12-/m0/s1. The van der Waals surface area contributed by atoms with Gasteiger partial charge in [-0.15, -0.1) is 0 Å². The summed E-state index contributed by atoms with van der Waals surface area (Å²) in [4.78, 5) is 0. The van der Waals surface area contributed by atoms with Gasteiger partial charge in [0.05, 0.1) is 7.11 Å². The summed E-state index contributed by atoms with van der Waals surface area (Å²) in [6.07, 6.45) is 6.39. The second-order valence-electron chi connectivity index (χ2n) is 4.45. The molecule has 2 rings (SSSR count). The van der Waals surface area contributed by atoms with Crippen LogP contribution in [0.5, 0.6) is 5.75 Å². The Morgan fingerprint density at radius 3 is 3.06 bits per heavy atom. The van der Waals surface area contributed by atoms with Gasteiger partial charge < -0.3 is 4.74 Å². The fourth-order valence-corrected chi connectivity index (χ4v) is 3.07. The summed E-state index contributed by atoms with van der Waals surface area (Å²) in [7, 11) is 1.78. The van der Waals surface area contributed by atoms with E-state index in [-0.39, 0.29) is 0 Å². The van der Waals surface area contributed by atoms with Crippen molar-refractivity contribution in [2.45, 2.75) is 38.0 Å². The van der Waals surface area contributed by atoms with E-state index in [2.05, 4.69) is 34.1 Å². The average molecular weight is 283 g/mol. The van der Waals surface area contributed by atoms with Crippen molar-refractivity contribution in [2.24, 2.45) is 0 Å². The molecule has 0 aliphatic heterocycles. The van der Waals surface area contributed by atoms with Gasteiger partial charge in [-0.3, -0.25) is 0 Å². The molecule has 1 aromatic carbocycles. The highest BCUT2D eigenvalue weighted by molar-refractivity contribution is 9.09. The summed E-state index contributed by atoms with van der Waals surface area (Å²) in [6, 6.07) is 6.48. The molecule has 0 unspecified atom stereocenters. The van der Waals surface area contributed by atoms with E-state index in [9.17, 15) is 0 Å². The van der Waals surface area contributed by atoms with E-state index in [1.807, 2.05) is 0 Å². The fourth-order valence-electron chi connectivity index (χ4n) is 2.74. The highest BCUT2D eigenvalue weighted by atomic mass is 79.9. The van der Waals surface area contributed by atoms with E-state index in [1.54, 1.807) is 7.11 Å². The quantitative estimate of drug-likeness (QED) is 0.749. The first-order valence-electron chi connectivity index (χ1n) is 6.08. The number of aryl methyl sites for hydroxylation is 1. The highest BCUT2D eigenvalue weighted by Crippen LogP contribution is 2.40. The molecule has 1 atom stereocenters. The maximum atomic E-state index is 5.51. The molecule has 16 heavy (non-hydrogen) atoms. The van der Waals surface area contributed by atoms with Crippen molar-refractivity contribution >= 4 is 15.9 Å². The largest absolute Gasteiger partial charge is 0.496 e. The molecule has 0 radical (unpaired) electrons. The van der Waals surface area contributed by atoms with Crippen LogP contribution in [-0.4, -0.2) is 12.4 Å². The van der Waals surface area contributed by atoms with Gasteiger partial charge in [0.2, 0.25) is 0 Å². The van der Waals surface area contributed by atoms with Crippen LogP contribution in [0.1, 0.15) is 42.7 Å². The molecule has 88 valence electrons. The number of methoxy groups -OCH3 is 1. The molecule has 0 N–H and O–H groups in total. The van der Waals surface area contributed by atoms with Crippen molar-refractivity contribution in [2.75, 3.05) is 12.4 Å². The Kier molecular flexibility index (Phi) is 4.28. The molecule has 2 heteroatoms. The second-order valence-corrected chi connectivity index (χ2v) is 5.25. The predicted octanol–water partition coefficient (Wildman–Crippen LogP) is 4.29. The lowest BCUT2D eigenvalue weighted by Gasteiger charge is -2.27. The molecule has 0 amide bonds. The molecule has 1 aromatic rings. The smallest absolute Gasteiger partial charge is 0.122 e. The number of hydrogen-bond acceptors (Lipinski definition) is 1. The Morgan fingerprint density at radius 1 is 1.44 bits per heavy atom. The minimum absolute atomic E-state index is 0.706. The van der Waals surface area contributed by atoms with Crippen LogP contribution in [0.4, 0.5) is 0 Å². The minimum atomic E-state index is 0.706. The monoisotopic (exact) mass is 282 g/mol. The van der Waals surface area contributed by atoms with Gasteiger partial charge in [-0.2, -0.15) is 0 Å². The van der Waals surface area contributed by atoms with E-state index in [4.69, 9.17) is 4.74 Å². The van der Waals surface area contributed by atoms with E-state index in [1.165, 1.54) is 43.2 Å². The third kappa shape index (κ3) is 2.42. The maximum absolute atomic E-state index is 5.51. The Balaban J connectivity index is 2.27. The van der Waals surface area contributed by atoms with E-state index >= 15 is 0 Å². The molecule has 0 heterocycles. The Hall–Kier alpha value is -0.500. The summed E-state index contributed by atoms with van der Waals surface area (Å²) in [5.41, 5.74) is 2.99. The van der Waals surface area contributed by atoms with Crippen molar-refractivity contribution in [1.82, 2.24) is 0 Å². The van der Waals surface area contributed by atoms with Crippen LogP contribution in [0, 0.1) is 0 Å². The van der Waals surface area contributed by atoms with Crippen molar-refractivity contribution < 1.29 is 4.74 Å². The zero-order valence-electron chi connectivity index (χ0n) is 9.84. The van der Waals surface area contributed by atoms with Crippen LogP contribution in [0.3, 0.4) is 0 Å². The Labute approximate surface area is 106 Å². The predicted molar refractivity (Wildman–Crippen MR) is 71.7 cm³/mol. The summed E-state index contributed by atoms with van der Waals surface area (Å²) >= 11 is 3.52. The van der Waals surface area contributed by atoms with Crippen LogP contribution in [0.15, 0.2) is 18.2 Å². The lowest BCUT2D eigenvalue weighted by Crippen LogP contribution is -2.11. The van der Waals surface area contributed by atoms with Gasteiger partial charge in [-0.25, -0.2) is 0 Å². The molecule has 1 aliphatic rings. The summed E-state index contributed by atoms with van der Waals surface area (Å²) in [6.45, 7) is 0. The molecule has 0 saturated carbocycles. The summed E-state index contributed by atoms with van der Waals surface area (Å²) < 4.78 is 5.51. The fraction of sp³-hybridized carbons (Fsp3) is 0.571. The maximum Gasteiger partial charge on any atom is 0.122 e. The number of fused-ring (bicyclic) bond motifs is 1. The molecule has 0 fully saturated rings. The minimum Gasteiger partial charge on any atom is -0.496 e. The van der Waals surface area contributed by atoms with Gasteiger partial charge in [0.1, 0.15) is 5.75 Å². The van der Waals surface area contributed by atoms with Crippen molar-refractivity contribution in [1.29, 1.82) is 0 Å². The van der Waals surface area contributed by atoms with Gasteiger partial charge in [0.25, 0.3) is 0 Å². The van der Waals surface area contributed by atoms with Crippen LogP contribution < -0.4 is 4.74 Å². The van der Waals surface area contributed by atoms with Crippen LogP contribution in [0.2, 0.25) is 0 Å². The highest BCUT2D eigenvalue weighted by Gasteiger charge is 2.23. The number of halogens is 1. The van der Waals surface area contributed by atoms with Gasteiger partial charge in [0, 0.05) is 10.9 Å². The molecule has 0 aromatic heterocycles. The number of rotatable bonds is 4. The first-order valence-corrected chi connectivity index (χ1v) is 7.20. The van der Waals surface area contributed by atoms with Crippen molar-refractivity contribution in [3.8, 4) is 5.75 Å². The molecule has 1 aliphatic carbocycles. The zero-order chi connectivity index (χ0) is 11.4. The average Bonchev–Trinajstić information content (AvgIpc) is 2.35. The SMILES string of the molecule is COc1cccc2c1[C@H](CCCBr)CCC2. The first kappa shape index (κ1) is 12.0. The topological polar surface area (TPSA) is 9.23 Å². The first-order chi connectivity index (χ1) is 7.86. The van der Waals surface area contributed by atoms with Crippen LogP contribution in [-0.2, 0) is 6.42 Å². The second kappa shape index (κ2) is 5.72. The van der Waals surface area contributed by atoms with Gasteiger partial charge in [-0.1, -0.05) is 28.1 Å². The lowest BCUT2D eigenvalue weighted by atomic mass is 9.80. The van der Waals surface area contributed by atoms with Gasteiger partial charge in [0.15, 0.2) is 0 Å². The molecule has 0 bridgehead atoms. The van der Waals surface area contributed by atoms with E-state index in [0.717, 1.165) is 11.1 Å². The summed E-state index contributed by atoms with van der Waals surface area (Å²) in [5, 5.41) is 1.11. The van der Waals surface area contributed by atoms with Crippen molar-refractivity contribution in [3.05, 3.63) is 29.3 Å². The zero-order valence-corrected chi connectivity index (χ0v) is 11.4. The van der Waals surface area contributed by atoms with Gasteiger partial charge >= 0.3 is 0 Å². The van der Waals surface area contributed by atoms with Crippen LogP contribution >= 0.6 is 15.9 Å². The Morgan fingerprint density at radius 2 is 2.31 bits per heavy atom. The van der Waals surface area contributed by atoms with Crippen LogP contribution in [0.25, 0.3) is 0 Å². The number of ether oxygens (including phenoxy) is 1. The number of hydrogen-bond donors (Lipinski definition) is 0. The molecule has 1 nitrogen and oxygen atoms in total. The Bertz CT molecular complexity index is 334. The molecular weight excluding hydrogens is 264 g/mol. The van der Waals surface area contributed by atoms with Gasteiger partial charge in [-0.05, 0) is 49.7 Å². The third-order valence-corrected chi connectivity index (χ3v) is 4.03. The molecule has 0 spiro atoms.